The molecule has 1 aromatic carbocycles. The van der Waals surface area contributed by atoms with Gasteiger partial charge in [0.1, 0.15) is 11.9 Å². The van der Waals surface area contributed by atoms with E-state index >= 15 is 0 Å². The van der Waals surface area contributed by atoms with Crippen LogP contribution in [-0.2, 0) is 4.79 Å². The molecule has 21 heavy (non-hydrogen) atoms. The standard InChI is InChI=1S/C12H14FN3O5/c1-6(2)10(11(17)18)15-12(19)14-9-5-7(16(20)21)3-4-8(9)13/h3-6,10H,1-2H3,(H,17,18)(H2,14,15,19)/t10-/m0/s1. The highest BCUT2D eigenvalue weighted by molar-refractivity contribution is 5.92. The summed E-state index contributed by atoms with van der Waals surface area (Å²) in [6.07, 6.45) is 0. The number of nitro groups is 1. The lowest BCUT2D eigenvalue weighted by molar-refractivity contribution is -0.384. The van der Waals surface area contributed by atoms with Gasteiger partial charge >= 0.3 is 12.0 Å². The van der Waals surface area contributed by atoms with E-state index in [0.29, 0.717) is 0 Å². The van der Waals surface area contributed by atoms with Crippen molar-refractivity contribution in [1.29, 1.82) is 0 Å². The molecule has 1 atom stereocenters. The van der Waals surface area contributed by atoms with Crippen molar-refractivity contribution in [2.75, 3.05) is 5.32 Å². The summed E-state index contributed by atoms with van der Waals surface area (Å²) in [6, 6.07) is 0.514. The number of aliphatic carboxylic acids is 1. The van der Waals surface area contributed by atoms with E-state index in [0.717, 1.165) is 18.2 Å². The third kappa shape index (κ3) is 4.41. The molecule has 2 amide bonds. The molecule has 0 bridgehead atoms. The van der Waals surface area contributed by atoms with Gasteiger partial charge in [0.2, 0.25) is 0 Å². The molecule has 0 radical (unpaired) electrons. The number of carbonyl (C=O) groups is 2. The van der Waals surface area contributed by atoms with E-state index < -0.39 is 40.2 Å². The Bertz CT molecular complexity index is 576. The smallest absolute Gasteiger partial charge is 0.326 e. The van der Waals surface area contributed by atoms with Crippen molar-refractivity contribution in [3.8, 4) is 0 Å². The van der Waals surface area contributed by atoms with Crippen LogP contribution in [0.2, 0.25) is 0 Å². The molecule has 0 aliphatic rings. The van der Waals surface area contributed by atoms with Gasteiger partial charge in [0.15, 0.2) is 0 Å². The van der Waals surface area contributed by atoms with E-state index in [-0.39, 0.29) is 5.92 Å². The van der Waals surface area contributed by atoms with Gasteiger partial charge in [0.05, 0.1) is 10.6 Å². The molecular weight excluding hydrogens is 285 g/mol. The lowest BCUT2D eigenvalue weighted by Crippen LogP contribution is -2.46. The molecule has 0 aliphatic heterocycles. The number of anilines is 1. The van der Waals surface area contributed by atoms with Gasteiger partial charge in [-0.1, -0.05) is 13.8 Å². The average molecular weight is 299 g/mol. The number of non-ortho nitro benzene ring substituents is 1. The van der Waals surface area contributed by atoms with E-state index in [1.54, 1.807) is 13.8 Å². The molecule has 0 saturated carbocycles. The van der Waals surface area contributed by atoms with Gasteiger partial charge in [-0.25, -0.2) is 14.0 Å². The van der Waals surface area contributed by atoms with E-state index in [9.17, 15) is 24.1 Å². The lowest BCUT2D eigenvalue weighted by atomic mass is 10.1. The maximum absolute atomic E-state index is 13.5. The van der Waals surface area contributed by atoms with Gasteiger partial charge < -0.3 is 15.7 Å². The third-order valence-corrected chi connectivity index (χ3v) is 2.63. The molecule has 114 valence electrons. The van der Waals surface area contributed by atoms with Crippen LogP contribution in [0.3, 0.4) is 0 Å². The van der Waals surface area contributed by atoms with Crippen LogP contribution in [0.5, 0.6) is 0 Å². The Morgan fingerprint density at radius 1 is 1.38 bits per heavy atom. The first-order valence-electron chi connectivity index (χ1n) is 5.96. The van der Waals surface area contributed by atoms with Gasteiger partial charge in [0, 0.05) is 12.1 Å². The number of carbonyl (C=O) groups excluding carboxylic acids is 1. The van der Waals surface area contributed by atoms with Gasteiger partial charge in [-0.2, -0.15) is 0 Å². The molecule has 0 aliphatic carbocycles. The van der Waals surface area contributed by atoms with Crippen molar-refractivity contribution in [3.63, 3.8) is 0 Å². The summed E-state index contributed by atoms with van der Waals surface area (Å²) < 4.78 is 13.5. The van der Waals surface area contributed by atoms with Crippen LogP contribution in [0.25, 0.3) is 0 Å². The van der Waals surface area contributed by atoms with Crippen molar-refractivity contribution < 1.29 is 24.0 Å². The number of amides is 2. The van der Waals surface area contributed by atoms with Crippen LogP contribution in [0.1, 0.15) is 13.8 Å². The number of nitro benzene ring substituents is 1. The zero-order valence-corrected chi connectivity index (χ0v) is 11.3. The fourth-order valence-electron chi connectivity index (χ4n) is 1.54. The zero-order chi connectivity index (χ0) is 16.2. The largest absolute Gasteiger partial charge is 0.480 e. The molecule has 8 nitrogen and oxygen atoms in total. The highest BCUT2D eigenvalue weighted by Crippen LogP contribution is 2.21. The predicted octanol–water partition coefficient (Wildman–Crippen LogP) is 1.96. The number of urea groups is 1. The van der Waals surface area contributed by atoms with Crippen molar-refractivity contribution in [2.45, 2.75) is 19.9 Å². The van der Waals surface area contributed by atoms with E-state index in [1.807, 2.05) is 0 Å². The number of nitrogens with zero attached hydrogens (tertiary/aromatic N) is 1. The Hall–Kier alpha value is -2.71. The minimum atomic E-state index is -1.24. The van der Waals surface area contributed by atoms with Crippen molar-refractivity contribution >= 4 is 23.4 Å². The molecule has 0 aromatic heterocycles. The van der Waals surface area contributed by atoms with Gasteiger partial charge in [-0.3, -0.25) is 10.1 Å². The summed E-state index contributed by atoms with van der Waals surface area (Å²) in [5.74, 6) is -2.49. The second-order valence-electron chi connectivity index (χ2n) is 4.58. The van der Waals surface area contributed by atoms with Crippen molar-refractivity contribution in [1.82, 2.24) is 5.32 Å². The van der Waals surface area contributed by atoms with Crippen molar-refractivity contribution in [3.05, 3.63) is 34.1 Å². The van der Waals surface area contributed by atoms with Crippen molar-refractivity contribution in [2.24, 2.45) is 5.92 Å². The fraction of sp³-hybridized carbons (Fsp3) is 0.333. The summed E-state index contributed by atoms with van der Waals surface area (Å²) in [4.78, 5) is 32.4. The molecule has 1 rings (SSSR count). The van der Waals surface area contributed by atoms with Crippen LogP contribution in [-0.4, -0.2) is 28.1 Å². The van der Waals surface area contributed by atoms with Gasteiger partial charge in [0.25, 0.3) is 5.69 Å². The lowest BCUT2D eigenvalue weighted by Gasteiger charge is -2.18. The average Bonchev–Trinajstić information content (AvgIpc) is 2.37. The Morgan fingerprint density at radius 2 is 2.00 bits per heavy atom. The van der Waals surface area contributed by atoms with Crippen LogP contribution in [0.4, 0.5) is 20.6 Å². The first-order chi connectivity index (χ1) is 9.72. The number of rotatable bonds is 5. The molecule has 1 aromatic rings. The Morgan fingerprint density at radius 3 is 2.48 bits per heavy atom. The summed E-state index contributed by atoms with van der Waals surface area (Å²) in [7, 11) is 0. The first kappa shape index (κ1) is 16.3. The quantitative estimate of drug-likeness (QED) is 0.566. The topological polar surface area (TPSA) is 122 Å². The first-order valence-corrected chi connectivity index (χ1v) is 5.96. The number of nitrogens with one attached hydrogen (secondary N) is 2. The molecule has 0 heterocycles. The molecule has 0 fully saturated rings. The van der Waals surface area contributed by atoms with Gasteiger partial charge in [-0.15, -0.1) is 0 Å². The number of hydrogen-bond donors (Lipinski definition) is 3. The molecule has 0 saturated heterocycles. The number of halogens is 1. The SMILES string of the molecule is CC(C)[C@H](NC(=O)Nc1cc([N+](=O)[O-])ccc1F)C(=O)O. The summed E-state index contributed by atoms with van der Waals surface area (Å²) in [6.45, 7) is 3.18. The van der Waals surface area contributed by atoms with E-state index in [1.165, 1.54) is 0 Å². The number of hydrogen-bond acceptors (Lipinski definition) is 4. The maximum atomic E-state index is 13.5. The van der Waals surface area contributed by atoms with E-state index in [4.69, 9.17) is 5.11 Å². The maximum Gasteiger partial charge on any atom is 0.326 e. The fourth-order valence-corrected chi connectivity index (χ4v) is 1.54. The predicted molar refractivity (Wildman–Crippen MR) is 71.5 cm³/mol. The Balaban J connectivity index is 2.85. The second kappa shape index (κ2) is 6.64. The molecular formula is C12H14FN3O5. The Labute approximate surface area is 119 Å². The monoisotopic (exact) mass is 299 g/mol. The zero-order valence-electron chi connectivity index (χ0n) is 11.3. The third-order valence-electron chi connectivity index (χ3n) is 2.63. The number of benzene rings is 1. The highest BCUT2D eigenvalue weighted by atomic mass is 19.1. The highest BCUT2D eigenvalue weighted by Gasteiger charge is 2.24. The number of carboxylic acid groups (broad SMARTS) is 1. The summed E-state index contributed by atoms with van der Waals surface area (Å²) in [5.41, 5.74) is -0.806. The van der Waals surface area contributed by atoms with Crippen LogP contribution in [0, 0.1) is 21.8 Å². The van der Waals surface area contributed by atoms with Gasteiger partial charge in [-0.05, 0) is 12.0 Å². The van der Waals surface area contributed by atoms with Crippen LogP contribution in [0.15, 0.2) is 18.2 Å². The molecule has 0 spiro atoms. The van der Waals surface area contributed by atoms with Crippen LogP contribution >= 0.6 is 0 Å². The summed E-state index contributed by atoms with van der Waals surface area (Å²) >= 11 is 0. The normalized spacial score (nSPS) is 11.8. The molecule has 9 heteroatoms. The Kier molecular flexibility index (Phi) is 5.17. The van der Waals surface area contributed by atoms with Crippen LogP contribution < -0.4 is 10.6 Å². The molecule has 3 N–H and O–H groups in total. The minimum absolute atomic E-state index is 0.386. The second-order valence-corrected chi connectivity index (χ2v) is 4.58. The summed E-state index contributed by atoms with van der Waals surface area (Å²) in [5, 5.41) is 23.7. The molecule has 0 unspecified atom stereocenters. The number of carboxylic acids is 1. The minimum Gasteiger partial charge on any atom is -0.480 e. The van der Waals surface area contributed by atoms with E-state index in [2.05, 4.69) is 10.6 Å².